The molecule has 1 aliphatic rings. The van der Waals surface area contributed by atoms with E-state index in [0.29, 0.717) is 17.8 Å². The number of ether oxygens (including phenoxy) is 1. The number of hydrogen-bond donors (Lipinski definition) is 0. The van der Waals surface area contributed by atoms with E-state index in [2.05, 4.69) is 20.8 Å². The Morgan fingerprint density at radius 3 is 2.58 bits per heavy atom. The first-order valence-corrected chi connectivity index (χ1v) is 9.19. The minimum Gasteiger partial charge on any atom is -0.461 e. The molecule has 0 spiro atoms. The first-order chi connectivity index (χ1) is 12.1. The number of nitro groups is 1. The van der Waals surface area contributed by atoms with Crippen LogP contribution in [0.25, 0.3) is 0 Å². The molecule has 1 aliphatic carbocycles. The SMILES string of the molecule is Cc1cc(=O)n(C(C)C(=O)OC2CC(C)CCC2C(C)C)cc1[N+](=O)[O-]. The Bertz CT molecular complexity index is 740. The van der Waals surface area contributed by atoms with Gasteiger partial charge in [0, 0.05) is 11.6 Å². The van der Waals surface area contributed by atoms with Crippen LogP contribution in [0.2, 0.25) is 0 Å². The first-order valence-electron chi connectivity index (χ1n) is 9.19. The number of carbonyl (C=O) groups excluding carboxylic acids is 1. The number of aryl methyl sites for hydroxylation is 1. The summed E-state index contributed by atoms with van der Waals surface area (Å²) in [6.45, 7) is 9.44. The summed E-state index contributed by atoms with van der Waals surface area (Å²) in [6.07, 6.45) is 3.90. The lowest BCUT2D eigenvalue weighted by Gasteiger charge is -2.37. The summed E-state index contributed by atoms with van der Waals surface area (Å²) >= 11 is 0. The van der Waals surface area contributed by atoms with E-state index in [1.807, 2.05) is 0 Å². The molecule has 0 aromatic carbocycles. The van der Waals surface area contributed by atoms with Crippen molar-refractivity contribution < 1.29 is 14.5 Å². The van der Waals surface area contributed by atoms with Crippen LogP contribution in [0, 0.1) is 34.8 Å². The molecule has 26 heavy (non-hydrogen) atoms. The van der Waals surface area contributed by atoms with Gasteiger partial charge in [0.25, 0.3) is 11.2 Å². The van der Waals surface area contributed by atoms with Gasteiger partial charge in [-0.15, -0.1) is 0 Å². The minimum atomic E-state index is -0.910. The van der Waals surface area contributed by atoms with Crippen LogP contribution in [0.1, 0.15) is 58.6 Å². The van der Waals surface area contributed by atoms with Gasteiger partial charge in [0.1, 0.15) is 12.1 Å². The number of rotatable bonds is 5. The van der Waals surface area contributed by atoms with Gasteiger partial charge < -0.3 is 4.74 Å². The molecule has 7 nitrogen and oxygen atoms in total. The molecule has 4 atom stereocenters. The van der Waals surface area contributed by atoms with Crippen molar-refractivity contribution in [3.8, 4) is 0 Å². The summed E-state index contributed by atoms with van der Waals surface area (Å²) in [6, 6.07) is 0.272. The molecular weight excluding hydrogens is 336 g/mol. The second kappa shape index (κ2) is 8.01. The van der Waals surface area contributed by atoms with Gasteiger partial charge in [-0.05, 0) is 44.4 Å². The lowest BCUT2D eigenvalue weighted by Crippen LogP contribution is -2.38. The van der Waals surface area contributed by atoms with Crippen molar-refractivity contribution in [1.29, 1.82) is 0 Å². The van der Waals surface area contributed by atoms with Gasteiger partial charge in [-0.2, -0.15) is 0 Å². The summed E-state index contributed by atoms with van der Waals surface area (Å²) < 4.78 is 6.86. The number of hydrogen-bond acceptors (Lipinski definition) is 5. The Balaban J connectivity index is 2.22. The van der Waals surface area contributed by atoms with Crippen LogP contribution >= 0.6 is 0 Å². The van der Waals surface area contributed by atoms with Crippen LogP contribution in [-0.2, 0) is 9.53 Å². The second-order valence-electron chi connectivity index (χ2n) is 7.82. The van der Waals surface area contributed by atoms with E-state index >= 15 is 0 Å². The summed E-state index contributed by atoms with van der Waals surface area (Å²) in [5.74, 6) is 0.668. The Kier molecular flexibility index (Phi) is 6.21. The average Bonchev–Trinajstić information content (AvgIpc) is 2.53. The predicted molar refractivity (Wildman–Crippen MR) is 98.0 cm³/mol. The number of nitrogens with zero attached hydrogens (tertiary/aromatic N) is 2. The second-order valence-corrected chi connectivity index (χ2v) is 7.82. The summed E-state index contributed by atoms with van der Waals surface area (Å²) in [5.41, 5.74) is -0.358. The number of carbonyl (C=O) groups is 1. The minimum absolute atomic E-state index is 0.176. The molecule has 1 aromatic heterocycles. The van der Waals surface area contributed by atoms with Crippen LogP contribution < -0.4 is 5.56 Å². The van der Waals surface area contributed by atoms with Crippen molar-refractivity contribution in [3.05, 3.63) is 38.3 Å². The highest BCUT2D eigenvalue weighted by atomic mass is 16.6. The molecule has 0 N–H and O–H groups in total. The Morgan fingerprint density at radius 1 is 1.35 bits per heavy atom. The fourth-order valence-electron chi connectivity index (χ4n) is 3.74. The van der Waals surface area contributed by atoms with E-state index in [-0.39, 0.29) is 17.4 Å². The topological polar surface area (TPSA) is 91.4 Å². The fraction of sp³-hybridized carbons (Fsp3) is 0.684. The smallest absolute Gasteiger partial charge is 0.329 e. The molecule has 0 aliphatic heterocycles. The van der Waals surface area contributed by atoms with E-state index in [9.17, 15) is 19.7 Å². The van der Waals surface area contributed by atoms with Crippen molar-refractivity contribution in [1.82, 2.24) is 4.57 Å². The van der Waals surface area contributed by atoms with Gasteiger partial charge in [0.05, 0.1) is 11.1 Å². The standard InChI is InChI=1S/C19H28N2O5/c1-11(2)15-7-6-12(3)8-17(15)26-19(23)14(5)20-10-16(21(24)25)13(4)9-18(20)22/h9-12,14-15,17H,6-8H2,1-5H3. The normalized spacial score (nSPS) is 24.3. The predicted octanol–water partition coefficient (Wildman–Crippen LogP) is 3.63. The van der Waals surface area contributed by atoms with Gasteiger partial charge in [-0.25, -0.2) is 4.79 Å². The zero-order valence-electron chi connectivity index (χ0n) is 16.1. The molecule has 144 valence electrons. The maximum Gasteiger partial charge on any atom is 0.329 e. The molecule has 0 saturated heterocycles. The van der Waals surface area contributed by atoms with E-state index < -0.39 is 22.5 Å². The third-order valence-electron chi connectivity index (χ3n) is 5.44. The molecule has 1 aromatic rings. The molecule has 0 radical (unpaired) electrons. The van der Waals surface area contributed by atoms with Gasteiger partial charge in [0.2, 0.25) is 0 Å². The lowest BCUT2D eigenvalue weighted by atomic mass is 9.75. The summed E-state index contributed by atoms with van der Waals surface area (Å²) in [4.78, 5) is 35.4. The van der Waals surface area contributed by atoms with Gasteiger partial charge in [0.15, 0.2) is 0 Å². The van der Waals surface area contributed by atoms with E-state index in [4.69, 9.17) is 4.74 Å². The van der Waals surface area contributed by atoms with Gasteiger partial charge in [-0.1, -0.05) is 27.2 Å². The van der Waals surface area contributed by atoms with Crippen LogP contribution in [0.4, 0.5) is 5.69 Å². The molecule has 1 heterocycles. The van der Waals surface area contributed by atoms with E-state index in [1.54, 1.807) is 6.92 Å². The first kappa shape index (κ1) is 20.1. The highest BCUT2D eigenvalue weighted by Crippen LogP contribution is 2.35. The van der Waals surface area contributed by atoms with Crippen LogP contribution in [0.15, 0.2) is 17.1 Å². The van der Waals surface area contributed by atoms with Crippen molar-refractivity contribution in [2.75, 3.05) is 0 Å². The number of esters is 1. The largest absolute Gasteiger partial charge is 0.461 e. The van der Waals surface area contributed by atoms with E-state index in [0.717, 1.165) is 30.0 Å². The number of pyridine rings is 1. The summed E-state index contributed by atoms with van der Waals surface area (Å²) in [7, 11) is 0. The fourth-order valence-corrected chi connectivity index (χ4v) is 3.74. The van der Waals surface area contributed by atoms with Crippen LogP contribution in [0.5, 0.6) is 0 Å². The molecule has 4 unspecified atom stereocenters. The molecule has 1 fully saturated rings. The monoisotopic (exact) mass is 364 g/mol. The molecule has 2 rings (SSSR count). The van der Waals surface area contributed by atoms with Crippen molar-refractivity contribution in [3.63, 3.8) is 0 Å². The van der Waals surface area contributed by atoms with Crippen molar-refractivity contribution >= 4 is 11.7 Å². The summed E-state index contributed by atoms with van der Waals surface area (Å²) in [5, 5.41) is 11.1. The van der Waals surface area contributed by atoms with Gasteiger partial charge >= 0.3 is 5.97 Å². The van der Waals surface area contributed by atoms with Crippen LogP contribution in [-0.4, -0.2) is 21.6 Å². The Labute approximate surface area is 153 Å². The highest BCUT2D eigenvalue weighted by Gasteiger charge is 2.34. The maximum absolute atomic E-state index is 12.7. The highest BCUT2D eigenvalue weighted by molar-refractivity contribution is 5.74. The molecule has 0 amide bonds. The lowest BCUT2D eigenvalue weighted by molar-refractivity contribution is -0.386. The zero-order valence-corrected chi connectivity index (χ0v) is 16.1. The number of aromatic nitrogens is 1. The third kappa shape index (κ3) is 4.31. The third-order valence-corrected chi connectivity index (χ3v) is 5.44. The van der Waals surface area contributed by atoms with Gasteiger partial charge in [-0.3, -0.25) is 19.5 Å². The molecule has 1 saturated carbocycles. The Morgan fingerprint density at radius 2 is 2.00 bits per heavy atom. The maximum atomic E-state index is 12.7. The molecular formula is C19H28N2O5. The zero-order chi connectivity index (χ0) is 19.6. The van der Waals surface area contributed by atoms with Crippen LogP contribution in [0.3, 0.4) is 0 Å². The quantitative estimate of drug-likeness (QED) is 0.452. The Hall–Kier alpha value is -2.18. The van der Waals surface area contributed by atoms with E-state index in [1.165, 1.54) is 13.0 Å². The average molecular weight is 364 g/mol. The van der Waals surface area contributed by atoms with Crippen molar-refractivity contribution in [2.24, 2.45) is 17.8 Å². The molecule has 0 bridgehead atoms. The van der Waals surface area contributed by atoms with Crippen molar-refractivity contribution in [2.45, 2.75) is 66.0 Å². The molecule has 7 heteroatoms.